The highest BCUT2D eigenvalue weighted by atomic mass is 32.2. The lowest BCUT2D eigenvalue weighted by atomic mass is 10.00. The molecule has 1 fully saturated rings. The van der Waals surface area contributed by atoms with E-state index in [1.807, 2.05) is 6.07 Å². The zero-order valence-corrected chi connectivity index (χ0v) is 14.8. The van der Waals surface area contributed by atoms with Gasteiger partial charge in [-0.15, -0.1) is 0 Å². The number of carbonyl (C=O) groups is 1. The molecule has 0 aromatic heterocycles. The van der Waals surface area contributed by atoms with Gasteiger partial charge in [-0.2, -0.15) is 0 Å². The number of hydrogen-bond acceptors (Lipinski definition) is 5. The van der Waals surface area contributed by atoms with Crippen molar-refractivity contribution in [1.29, 1.82) is 0 Å². The second-order valence-electron chi connectivity index (χ2n) is 5.87. The second-order valence-corrected chi connectivity index (χ2v) is 7.86. The summed E-state index contributed by atoms with van der Waals surface area (Å²) >= 11 is 0. The first-order chi connectivity index (χ1) is 11.4. The van der Waals surface area contributed by atoms with E-state index in [1.165, 1.54) is 10.6 Å². The van der Waals surface area contributed by atoms with Gasteiger partial charge in [0.25, 0.3) is 5.91 Å². The van der Waals surface area contributed by atoms with Crippen LogP contribution in [0.5, 0.6) is 11.5 Å². The Bertz CT molecular complexity index is 662. The van der Waals surface area contributed by atoms with Gasteiger partial charge >= 0.3 is 0 Å². The Morgan fingerprint density at radius 3 is 2.71 bits per heavy atom. The van der Waals surface area contributed by atoms with Gasteiger partial charge in [0.05, 0.1) is 13.4 Å². The second kappa shape index (κ2) is 8.34. The standard InChI is InChI=1S/C16H24N2O5S/c1-22-14-7-3-4-8-15(14)23-12-16(19)17-10-13-6-5-9-18(11-13)24(2,20)21/h3-4,7-8,13H,5-6,9-12H2,1-2H3,(H,17,19). The number of piperidine rings is 1. The highest BCUT2D eigenvalue weighted by molar-refractivity contribution is 7.88. The van der Waals surface area contributed by atoms with Gasteiger partial charge in [-0.3, -0.25) is 4.79 Å². The van der Waals surface area contributed by atoms with Crippen molar-refractivity contribution in [2.45, 2.75) is 12.8 Å². The number of para-hydroxylation sites is 2. The van der Waals surface area contributed by atoms with Crippen molar-refractivity contribution < 1.29 is 22.7 Å². The van der Waals surface area contributed by atoms with Gasteiger partial charge in [0.15, 0.2) is 18.1 Å². The van der Waals surface area contributed by atoms with E-state index in [1.54, 1.807) is 25.3 Å². The summed E-state index contributed by atoms with van der Waals surface area (Å²) in [6.45, 7) is 1.34. The van der Waals surface area contributed by atoms with Crippen molar-refractivity contribution in [3.05, 3.63) is 24.3 Å². The van der Waals surface area contributed by atoms with Crippen LogP contribution in [0, 0.1) is 5.92 Å². The van der Waals surface area contributed by atoms with Crippen LogP contribution in [0.15, 0.2) is 24.3 Å². The predicted octanol–water partition coefficient (Wildman–Crippen LogP) is 0.862. The fourth-order valence-corrected chi connectivity index (χ4v) is 3.63. The fourth-order valence-electron chi connectivity index (χ4n) is 2.69. The molecular formula is C16H24N2O5S. The minimum atomic E-state index is -3.17. The number of sulfonamides is 1. The molecule has 2 rings (SSSR count). The maximum Gasteiger partial charge on any atom is 0.257 e. The normalized spacial score (nSPS) is 18.8. The fraction of sp³-hybridized carbons (Fsp3) is 0.562. The van der Waals surface area contributed by atoms with E-state index in [4.69, 9.17) is 9.47 Å². The molecule has 0 radical (unpaired) electrons. The van der Waals surface area contributed by atoms with Crippen molar-refractivity contribution >= 4 is 15.9 Å². The third-order valence-corrected chi connectivity index (χ3v) is 5.24. The smallest absolute Gasteiger partial charge is 0.257 e. The first-order valence-electron chi connectivity index (χ1n) is 7.88. The molecule has 1 unspecified atom stereocenters. The summed E-state index contributed by atoms with van der Waals surface area (Å²) in [4.78, 5) is 11.9. The van der Waals surface area contributed by atoms with Crippen LogP contribution in [0.4, 0.5) is 0 Å². The minimum absolute atomic E-state index is 0.108. The molecule has 1 heterocycles. The molecule has 24 heavy (non-hydrogen) atoms. The molecule has 0 bridgehead atoms. The average molecular weight is 356 g/mol. The molecule has 7 nitrogen and oxygen atoms in total. The summed E-state index contributed by atoms with van der Waals surface area (Å²) in [5.41, 5.74) is 0. The zero-order chi connectivity index (χ0) is 17.6. The lowest BCUT2D eigenvalue weighted by Crippen LogP contribution is -2.43. The maximum atomic E-state index is 11.9. The molecule has 1 amide bonds. The van der Waals surface area contributed by atoms with E-state index < -0.39 is 10.0 Å². The Morgan fingerprint density at radius 2 is 2.04 bits per heavy atom. The Hall–Kier alpha value is -1.80. The largest absolute Gasteiger partial charge is 0.493 e. The molecule has 0 spiro atoms. The van der Waals surface area contributed by atoms with Crippen LogP contribution in [0.2, 0.25) is 0 Å². The number of ether oxygens (including phenoxy) is 2. The number of nitrogens with zero attached hydrogens (tertiary/aromatic N) is 1. The van der Waals surface area contributed by atoms with Crippen LogP contribution in [-0.2, 0) is 14.8 Å². The average Bonchev–Trinajstić information content (AvgIpc) is 2.58. The van der Waals surface area contributed by atoms with Gasteiger partial charge < -0.3 is 14.8 Å². The van der Waals surface area contributed by atoms with Crippen LogP contribution in [0.3, 0.4) is 0 Å². The van der Waals surface area contributed by atoms with Crippen molar-refractivity contribution in [3.63, 3.8) is 0 Å². The molecule has 1 N–H and O–H groups in total. The number of amides is 1. The SMILES string of the molecule is COc1ccccc1OCC(=O)NCC1CCCN(S(C)(=O)=O)C1. The van der Waals surface area contributed by atoms with Gasteiger partial charge in [0.1, 0.15) is 0 Å². The number of benzene rings is 1. The number of hydrogen-bond donors (Lipinski definition) is 1. The first kappa shape index (κ1) is 18.5. The Balaban J connectivity index is 1.77. The Labute approximate surface area is 143 Å². The molecule has 1 saturated heterocycles. The molecule has 8 heteroatoms. The summed E-state index contributed by atoms with van der Waals surface area (Å²) in [6.07, 6.45) is 2.93. The van der Waals surface area contributed by atoms with Gasteiger partial charge in [0.2, 0.25) is 10.0 Å². The summed E-state index contributed by atoms with van der Waals surface area (Å²) in [5, 5.41) is 2.81. The number of nitrogens with one attached hydrogen (secondary N) is 1. The molecule has 1 aliphatic heterocycles. The predicted molar refractivity (Wildman–Crippen MR) is 90.6 cm³/mol. The lowest BCUT2D eigenvalue weighted by molar-refractivity contribution is -0.123. The van der Waals surface area contributed by atoms with Crippen molar-refractivity contribution in [3.8, 4) is 11.5 Å². The van der Waals surface area contributed by atoms with Crippen LogP contribution in [-0.4, -0.2) is 58.2 Å². The van der Waals surface area contributed by atoms with Crippen LogP contribution < -0.4 is 14.8 Å². The van der Waals surface area contributed by atoms with E-state index in [0.717, 1.165) is 12.8 Å². The van der Waals surface area contributed by atoms with E-state index in [-0.39, 0.29) is 18.4 Å². The van der Waals surface area contributed by atoms with Gasteiger partial charge in [-0.1, -0.05) is 12.1 Å². The molecule has 134 valence electrons. The highest BCUT2D eigenvalue weighted by Gasteiger charge is 2.26. The van der Waals surface area contributed by atoms with Crippen molar-refractivity contribution in [2.24, 2.45) is 5.92 Å². The van der Waals surface area contributed by atoms with Crippen LogP contribution in [0.1, 0.15) is 12.8 Å². The minimum Gasteiger partial charge on any atom is -0.493 e. The van der Waals surface area contributed by atoms with Gasteiger partial charge in [0, 0.05) is 19.6 Å². The third kappa shape index (κ3) is 5.38. The molecular weight excluding hydrogens is 332 g/mol. The summed E-state index contributed by atoms with van der Waals surface area (Å²) in [5.74, 6) is 0.971. The monoisotopic (exact) mass is 356 g/mol. The molecule has 0 aliphatic carbocycles. The quantitative estimate of drug-likeness (QED) is 0.783. The van der Waals surface area contributed by atoms with Crippen LogP contribution in [0.25, 0.3) is 0 Å². The molecule has 1 aromatic rings. The van der Waals surface area contributed by atoms with E-state index in [2.05, 4.69) is 5.32 Å². The molecule has 1 aliphatic rings. The summed E-state index contributed by atoms with van der Waals surface area (Å²) in [6, 6.07) is 7.12. The third-order valence-electron chi connectivity index (χ3n) is 3.97. The lowest BCUT2D eigenvalue weighted by Gasteiger charge is -2.30. The maximum absolute atomic E-state index is 11.9. The molecule has 0 saturated carbocycles. The van der Waals surface area contributed by atoms with Crippen molar-refractivity contribution in [1.82, 2.24) is 9.62 Å². The van der Waals surface area contributed by atoms with E-state index in [0.29, 0.717) is 31.1 Å². The van der Waals surface area contributed by atoms with Gasteiger partial charge in [-0.25, -0.2) is 12.7 Å². The number of rotatable bonds is 7. The summed E-state index contributed by atoms with van der Waals surface area (Å²) < 4.78 is 35.3. The zero-order valence-electron chi connectivity index (χ0n) is 14.0. The molecule has 1 aromatic carbocycles. The topological polar surface area (TPSA) is 84.9 Å². The molecule has 1 atom stereocenters. The summed E-state index contributed by atoms with van der Waals surface area (Å²) in [7, 11) is -1.63. The van der Waals surface area contributed by atoms with Gasteiger partial charge in [-0.05, 0) is 30.9 Å². The highest BCUT2D eigenvalue weighted by Crippen LogP contribution is 2.25. The van der Waals surface area contributed by atoms with Crippen LogP contribution >= 0.6 is 0 Å². The Morgan fingerprint density at radius 1 is 1.33 bits per heavy atom. The first-order valence-corrected chi connectivity index (χ1v) is 9.72. The van der Waals surface area contributed by atoms with E-state index in [9.17, 15) is 13.2 Å². The van der Waals surface area contributed by atoms with Crippen molar-refractivity contribution in [2.75, 3.05) is 39.6 Å². The Kier molecular flexibility index (Phi) is 6.44. The van der Waals surface area contributed by atoms with E-state index >= 15 is 0 Å². The number of carbonyl (C=O) groups excluding carboxylic acids is 1. The number of methoxy groups -OCH3 is 1.